The summed E-state index contributed by atoms with van der Waals surface area (Å²) >= 11 is 0. The molecule has 1 fully saturated rings. The van der Waals surface area contributed by atoms with Crippen LogP contribution in [0.3, 0.4) is 0 Å². The lowest BCUT2D eigenvalue weighted by atomic mass is 10.1. The summed E-state index contributed by atoms with van der Waals surface area (Å²) in [4.78, 5) is 13.8. The Kier molecular flexibility index (Phi) is 6.52. The number of ether oxygens (including phenoxy) is 2. The van der Waals surface area contributed by atoms with Crippen LogP contribution in [0.15, 0.2) is 24.3 Å². The Hall–Kier alpha value is -1.80. The van der Waals surface area contributed by atoms with Gasteiger partial charge >= 0.3 is 6.09 Å². The standard InChI is InChI=1S/C18H27NO6S/c1-18(2,3)25-17(20)19-11-9-16(10-12-19)24-15-7-5-14(6-8-15)13-23-26(4,21)22/h5-8,16H,9-13H2,1-4H3. The van der Waals surface area contributed by atoms with Gasteiger partial charge in [0.25, 0.3) is 10.1 Å². The molecule has 0 bridgehead atoms. The molecule has 146 valence electrons. The van der Waals surface area contributed by atoms with Crippen molar-refractivity contribution >= 4 is 16.2 Å². The lowest BCUT2D eigenvalue weighted by Crippen LogP contribution is -2.44. The van der Waals surface area contributed by atoms with Crippen molar-refractivity contribution in [1.29, 1.82) is 0 Å². The summed E-state index contributed by atoms with van der Waals surface area (Å²) in [5.74, 6) is 0.712. The summed E-state index contributed by atoms with van der Waals surface area (Å²) in [6.45, 7) is 6.76. The highest BCUT2D eigenvalue weighted by Gasteiger charge is 2.27. The highest BCUT2D eigenvalue weighted by Crippen LogP contribution is 2.21. The van der Waals surface area contributed by atoms with E-state index in [1.807, 2.05) is 20.8 Å². The number of benzene rings is 1. The molecule has 2 rings (SSSR count). The van der Waals surface area contributed by atoms with Crippen LogP contribution in [0, 0.1) is 0 Å². The second kappa shape index (κ2) is 8.26. The summed E-state index contributed by atoms with van der Waals surface area (Å²) in [5.41, 5.74) is 0.259. The van der Waals surface area contributed by atoms with Crippen molar-refractivity contribution in [2.75, 3.05) is 19.3 Å². The van der Waals surface area contributed by atoms with E-state index in [9.17, 15) is 13.2 Å². The van der Waals surface area contributed by atoms with Crippen LogP contribution in [0.2, 0.25) is 0 Å². The molecule has 0 unspecified atom stereocenters. The molecule has 1 aliphatic heterocycles. The summed E-state index contributed by atoms with van der Waals surface area (Å²) in [7, 11) is -3.45. The molecule has 1 aromatic rings. The van der Waals surface area contributed by atoms with Gasteiger partial charge in [-0.15, -0.1) is 0 Å². The van der Waals surface area contributed by atoms with E-state index in [1.54, 1.807) is 29.2 Å². The molecule has 1 aromatic carbocycles. The monoisotopic (exact) mass is 385 g/mol. The van der Waals surface area contributed by atoms with E-state index in [4.69, 9.17) is 13.7 Å². The largest absolute Gasteiger partial charge is 0.490 e. The minimum Gasteiger partial charge on any atom is -0.490 e. The molecule has 0 N–H and O–H groups in total. The first-order chi connectivity index (χ1) is 12.0. The zero-order chi connectivity index (χ0) is 19.4. The minimum atomic E-state index is -3.45. The third-order valence-corrected chi connectivity index (χ3v) is 4.31. The number of piperidine rings is 1. The van der Waals surface area contributed by atoms with Crippen LogP contribution in [0.25, 0.3) is 0 Å². The van der Waals surface area contributed by atoms with Crippen LogP contribution in [0.4, 0.5) is 4.79 Å². The van der Waals surface area contributed by atoms with Crippen molar-refractivity contribution < 1.29 is 26.9 Å². The van der Waals surface area contributed by atoms with Gasteiger partial charge in [0.05, 0.1) is 12.9 Å². The first-order valence-electron chi connectivity index (χ1n) is 8.60. The maximum atomic E-state index is 12.1. The van der Waals surface area contributed by atoms with E-state index in [2.05, 4.69) is 0 Å². The molecular formula is C18H27NO6S. The molecule has 1 amide bonds. The number of hydrogen-bond acceptors (Lipinski definition) is 6. The Balaban J connectivity index is 1.79. The van der Waals surface area contributed by atoms with Crippen LogP contribution in [-0.4, -0.2) is 50.5 Å². The number of rotatable bonds is 5. The van der Waals surface area contributed by atoms with Crippen molar-refractivity contribution in [3.63, 3.8) is 0 Å². The van der Waals surface area contributed by atoms with Crippen LogP contribution in [-0.2, 0) is 25.6 Å². The molecule has 0 atom stereocenters. The van der Waals surface area contributed by atoms with Crippen molar-refractivity contribution in [3.8, 4) is 5.75 Å². The second-order valence-corrected chi connectivity index (χ2v) is 9.04. The number of likely N-dealkylation sites (tertiary alicyclic amines) is 1. The van der Waals surface area contributed by atoms with Gasteiger partial charge in [-0.05, 0) is 38.5 Å². The van der Waals surface area contributed by atoms with Crippen molar-refractivity contribution in [3.05, 3.63) is 29.8 Å². The number of amides is 1. The summed E-state index contributed by atoms with van der Waals surface area (Å²) < 4.78 is 38.1. The Morgan fingerprint density at radius 3 is 2.23 bits per heavy atom. The van der Waals surface area contributed by atoms with Gasteiger partial charge in [0.1, 0.15) is 17.5 Å². The third-order valence-electron chi connectivity index (χ3n) is 3.76. The molecule has 7 nitrogen and oxygen atoms in total. The second-order valence-electron chi connectivity index (χ2n) is 7.39. The summed E-state index contributed by atoms with van der Waals surface area (Å²) in [6, 6.07) is 7.13. The molecule has 26 heavy (non-hydrogen) atoms. The van der Waals surface area contributed by atoms with Gasteiger partial charge in [0, 0.05) is 25.9 Å². The smallest absolute Gasteiger partial charge is 0.410 e. The molecule has 0 aromatic heterocycles. The zero-order valence-electron chi connectivity index (χ0n) is 15.7. The van der Waals surface area contributed by atoms with E-state index in [1.165, 1.54) is 0 Å². The van der Waals surface area contributed by atoms with E-state index in [-0.39, 0.29) is 18.8 Å². The Morgan fingerprint density at radius 1 is 1.15 bits per heavy atom. The molecule has 1 saturated heterocycles. The molecule has 0 aliphatic carbocycles. The molecule has 0 saturated carbocycles. The lowest BCUT2D eigenvalue weighted by Gasteiger charge is -2.33. The Labute approximate surface area is 155 Å². The van der Waals surface area contributed by atoms with Gasteiger partial charge in [-0.3, -0.25) is 4.18 Å². The van der Waals surface area contributed by atoms with Gasteiger partial charge in [-0.2, -0.15) is 8.42 Å². The first kappa shape index (κ1) is 20.5. The maximum absolute atomic E-state index is 12.1. The van der Waals surface area contributed by atoms with Gasteiger partial charge in [-0.25, -0.2) is 4.79 Å². The van der Waals surface area contributed by atoms with Crippen LogP contribution >= 0.6 is 0 Å². The average Bonchev–Trinajstić information content (AvgIpc) is 2.52. The van der Waals surface area contributed by atoms with E-state index < -0.39 is 15.7 Å². The van der Waals surface area contributed by atoms with E-state index in [0.29, 0.717) is 18.8 Å². The van der Waals surface area contributed by atoms with Crippen molar-refractivity contribution in [2.24, 2.45) is 0 Å². The topological polar surface area (TPSA) is 82.1 Å². The highest BCUT2D eigenvalue weighted by atomic mass is 32.2. The zero-order valence-corrected chi connectivity index (χ0v) is 16.5. The fourth-order valence-corrected chi connectivity index (χ4v) is 2.86. The maximum Gasteiger partial charge on any atom is 0.410 e. The van der Waals surface area contributed by atoms with E-state index in [0.717, 1.165) is 24.7 Å². The van der Waals surface area contributed by atoms with Crippen LogP contribution in [0.5, 0.6) is 5.75 Å². The highest BCUT2D eigenvalue weighted by molar-refractivity contribution is 7.85. The van der Waals surface area contributed by atoms with Crippen molar-refractivity contribution in [2.45, 2.75) is 51.9 Å². The quantitative estimate of drug-likeness (QED) is 0.725. The Bertz CT molecular complexity index is 700. The van der Waals surface area contributed by atoms with Gasteiger partial charge < -0.3 is 14.4 Å². The first-order valence-corrected chi connectivity index (χ1v) is 10.4. The van der Waals surface area contributed by atoms with E-state index >= 15 is 0 Å². The number of nitrogens with zero attached hydrogens (tertiary/aromatic N) is 1. The number of hydrogen-bond donors (Lipinski definition) is 0. The number of carbonyl (C=O) groups excluding carboxylic acids is 1. The predicted molar refractivity (Wildman–Crippen MR) is 97.5 cm³/mol. The van der Waals surface area contributed by atoms with Gasteiger partial charge in [0.15, 0.2) is 0 Å². The molecule has 0 radical (unpaired) electrons. The van der Waals surface area contributed by atoms with Crippen LogP contribution in [0.1, 0.15) is 39.2 Å². The van der Waals surface area contributed by atoms with Gasteiger partial charge in [-0.1, -0.05) is 12.1 Å². The third kappa shape index (κ3) is 7.21. The normalized spacial score (nSPS) is 16.4. The fourth-order valence-electron chi connectivity index (χ4n) is 2.51. The predicted octanol–water partition coefficient (Wildman–Crippen LogP) is 2.94. The minimum absolute atomic E-state index is 0.00733. The van der Waals surface area contributed by atoms with Gasteiger partial charge in [0.2, 0.25) is 0 Å². The molecular weight excluding hydrogens is 358 g/mol. The molecule has 8 heteroatoms. The Morgan fingerprint density at radius 2 is 1.73 bits per heavy atom. The molecule has 1 heterocycles. The lowest BCUT2D eigenvalue weighted by molar-refractivity contribution is 0.0126. The summed E-state index contributed by atoms with van der Waals surface area (Å²) in [5, 5.41) is 0. The average molecular weight is 385 g/mol. The van der Waals surface area contributed by atoms with Crippen molar-refractivity contribution in [1.82, 2.24) is 4.90 Å². The summed E-state index contributed by atoms with van der Waals surface area (Å²) in [6.07, 6.45) is 2.24. The molecule has 1 aliphatic rings. The fraction of sp³-hybridized carbons (Fsp3) is 0.611. The number of carbonyl (C=O) groups is 1. The molecule has 0 spiro atoms. The van der Waals surface area contributed by atoms with Crippen LogP contribution < -0.4 is 4.74 Å². The SMILES string of the molecule is CC(C)(C)OC(=O)N1CCC(Oc2ccc(COS(C)(=O)=O)cc2)CC1.